The van der Waals surface area contributed by atoms with Gasteiger partial charge in [-0.3, -0.25) is 14.8 Å². The summed E-state index contributed by atoms with van der Waals surface area (Å²) in [7, 11) is 1.35. The molecule has 4 aromatic heterocycles. The van der Waals surface area contributed by atoms with E-state index in [1.807, 2.05) is 83.4 Å². The van der Waals surface area contributed by atoms with E-state index in [2.05, 4.69) is 14.5 Å². The van der Waals surface area contributed by atoms with E-state index in [1.54, 1.807) is 30.6 Å². The highest BCUT2D eigenvalue weighted by atomic mass is 16.5. The molecule has 8 rings (SSSR count). The van der Waals surface area contributed by atoms with Crippen molar-refractivity contribution in [1.29, 1.82) is 0 Å². The Hall–Kier alpha value is -6.68. The van der Waals surface area contributed by atoms with Gasteiger partial charge in [-0.25, -0.2) is 4.79 Å². The highest BCUT2D eigenvalue weighted by Crippen LogP contribution is 2.38. The Morgan fingerprint density at radius 3 is 1.49 bits per heavy atom. The van der Waals surface area contributed by atoms with Crippen LogP contribution in [0.25, 0.3) is 43.6 Å². The second-order valence-electron chi connectivity index (χ2n) is 11.5. The number of primary amides is 1. The third-order valence-corrected chi connectivity index (χ3v) is 8.60. The molecule has 0 radical (unpaired) electrons. The summed E-state index contributed by atoms with van der Waals surface area (Å²) >= 11 is 0. The minimum Gasteiger partial charge on any atom is -0.506 e. The zero-order valence-corrected chi connectivity index (χ0v) is 26.4. The first-order chi connectivity index (χ1) is 23.9. The number of carbonyl (C=O) groups is 2. The molecule has 10 nitrogen and oxygen atoms in total. The van der Waals surface area contributed by atoms with Crippen molar-refractivity contribution >= 4 is 55.5 Å². The fourth-order valence-electron chi connectivity index (χ4n) is 6.47. The molecule has 1 amide bonds. The molecule has 0 unspecified atom stereocenters. The van der Waals surface area contributed by atoms with Crippen LogP contribution in [0, 0.1) is 0 Å². The number of ether oxygens (including phenoxy) is 1. The maximum Gasteiger partial charge on any atom is 0.338 e. The van der Waals surface area contributed by atoms with Gasteiger partial charge in [-0.05, 0) is 35.4 Å². The first-order valence-electron chi connectivity index (χ1n) is 15.5. The SMILES string of the molecule is COC(=O)c1cccc2c1c1c(O)cncc1n2Cc1ccccc1.NC(=O)c1cccc2c1c1c(O)cncc1n2Cc1ccccc1. The van der Waals surface area contributed by atoms with Crippen molar-refractivity contribution in [2.45, 2.75) is 13.1 Å². The molecule has 0 fully saturated rings. The second-order valence-corrected chi connectivity index (χ2v) is 11.5. The van der Waals surface area contributed by atoms with Crippen molar-refractivity contribution in [3.63, 3.8) is 0 Å². The largest absolute Gasteiger partial charge is 0.506 e. The van der Waals surface area contributed by atoms with Gasteiger partial charge in [0.15, 0.2) is 0 Å². The number of aromatic nitrogens is 4. The number of esters is 1. The molecule has 0 atom stereocenters. The van der Waals surface area contributed by atoms with E-state index in [0.29, 0.717) is 45.8 Å². The fourth-order valence-corrected chi connectivity index (χ4v) is 6.47. The van der Waals surface area contributed by atoms with E-state index < -0.39 is 11.9 Å². The van der Waals surface area contributed by atoms with Crippen molar-refractivity contribution in [3.8, 4) is 11.5 Å². The van der Waals surface area contributed by atoms with Gasteiger partial charge in [0.25, 0.3) is 0 Å². The number of methoxy groups -OCH3 is 1. The Kier molecular flexibility index (Phi) is 8.11. The summed E-state index contributed by atoms with van der Waals surface area (Å²) in [5, 5.41) is 23.3. The number of carbonyl (C=O) groups excluding carboxylic acids is 2. The van der Waals surface area contributed by atoms with Gasteiger partial charge < -0.3 is 29.8 Å². The minimum absolute atomic E-state index is 0.0398. The van der Waals surface area contributed by atoms with Crippen LogP contribution in [-0.4, -0.2) is 48.3 Å². The maximum absolute atomic E-state index is 12.2. The molecule has 10 heteroatoms. The van der Waals surface area contributed by atoms with Crippen LogP contribution in [0.5, 0.6) is 11.5 Å². The first-order valence-corrected chi connectivity index (χ1v) is 15.5. The summed E-state index contributed by atoms with van der Waals surface area (Å²) in [5.41, 5.74) is 11.8. The lowest BCUT2D eigenvalue weighted by molar-refractivity contribution is 0.0603. The van der Waals surface area contributed by atoms with Gasteiger partial charge in [-0.15, -0.1) is 0 Å². The molecule has 0 spiro atoms. The average Bonchev–Trinajstić information content (AvgIpc) is 3.63. The number of fused-ring (bicyclic) bond motifs is 6. The third-order valence-electron chi connectivity index (χ3n) is 8.60. The molecule has 0 bridgehead atoms. The number of rotatable bonds is 6. The number of pyridine rings is 2. The zero-order valence-electron chi connectivity index (χ0n) is 26.4. The van der Waals surface area contributed by atoms with E-state index in [-0.39, 0.29) is 11.5 Å². The van der Waals surface area contributed by atoms with Crippen LogP contribution < -0.4 is 5.73 Å². The van der Waals surface area contributed by atoms with Crippen molar-refractivity contribution in [2.24, 2.45) is 5.73 Å². The molecule has 0 saturated carbocycles. The third kappa shape index (κ3) is 5.55. The topological polar surface area (TPSA) is 145 Å². The maximum atomic E-state index is 12.2. The van der Waals surface area contributed by atoms with Crippen LogP contribution in [0.15, 0.2) is 122 Å². The van der Waals surface area contributed by atoms with Crippen molar-refractivity contribution in [2.75, 3.05) is 7.11 Å². The standard InChI is InChI=1S/C20H16N2O3.C19H15N3O2/c1-25-20(24)14-8-5-9-15-18(14)19-16(10-21-11-17(19)23)22(15)12-13-6-3-2-4-7-13;20-19(24)13-7-4-8-14-17(13)18-15(9-21-10-16(18)23)22(14)11-12-5-2-1-3-6-12/h2-11,23H,12H2,1H3;1-10,23H,11H2,(H2,20,24). The van der Waals surface area contributed by atoms with Crippen LogP contribution in [0.2, 0.25) is 0 Å². The van der Waals surface area contributed by atoms with Crippen LogP contribution in [-0.2, 0) is 17.8 Å². The zero-order chi connectivity index (χ0) is 34.1. The van der Waals surface area contributed by atoms with Crippen LogP contribution >= 0.6 is 0 Å². The minimum atomic E-state index is -0.518. The predicted molar refractivity (Wildman–Crippen MR) is 189 cm³/mol. The van der Waals surface area contributed by atoms with Crippen LogP contribution in [0.4, 0.5) is 0 Å². The molecule has 0 aliphatic carbocycles. The molecule has 0 aliphatic heterocycles. The number of hydrogen-bond acceptors (Lipinski definition) is 7. The average molecular weight is 650 g/mol. The molecule has 49 heavy (non-hydrogen) atoms. The summed E-state index contributed by atoms with van der Waals surface area (Å²) in [5.74, 6) is -0.861. The Labute approximate surface area is 280 Å². The predicted octanol–water partition coefficient (Wildman–Crippen LogP) is 6.77. The molecule has 0 aliphatic rings. The molecule has 4 aromatic carbocycles. The normalized spacial score (nSPS) is 11.1. The number of aromatic hydroxyl groups is 2. The lowest BCUT2D eigenvalue weighted by atomic mass is 10.1. The van der Waals surface area contributed by atoms with Gasteiger partial charge in [0.1, 0.15) is 11.5 Å². The van der Waals surface area contributed by atoms with E-state index >= 15 is 0 Å². The van der Waals surface area contributed by atoms with E-state index in [0.717, 1.165) is 33.2 Å². The second kappa shape index (κ2) is 12.8. The highest BCUT2D eigenvalue weighted by Gasteiger charge is 2.21. The van der Waals surface area contributed by atoms with Gasteiger partial charge in [-0.2, -0.15) is 0 Å². The molecular formula is C39H31N5O5. The van der Waals surface area contributed by atoms with E-state index in [1.165, 1.54) is 19.5 Å². The molecule has 242 valence electrons. The summed E-state index contributed by atoms with van der Waals surface area (Å²) < 4.78 is 9.01. The van der Waals surface area contributed by atoms with Crippen LogP contribution in [0.1, 0.15) is 31.8 Å². The number of nitrogens with two attached hydrogens (primary N) is 1. The monoisotopic (exact) mass is 649 g/mol. The lowest BCUT2D eigenvalue weighted by Crippen LogP contribution is -2.11. The Balaban J connectivity index is 0.000000154. The van der Waals surface area contributed by atoms with Gasteiger partial charge >= 0.3 is 5.97 Å². The van der Waals surface area contributed by atoms with E-state index in [4.69, 9.17) is 10.5 Å². The number of benzene rings is 4. The van der Waals surface area contributed by atoms with E-state index in [9.17, 15) is 19.8 Å². The highest BCUT2D eigenvalue weighted by molar-refractivity contribution is 6.20. The van der Waals surface area contributed by atoms with Gasteiger partial charge in [-0.1, -0.05) is 72.8 Å². The number of hydrogen-bond donors (Lipinski definition) is 3. The Bertz CT molecular complexity index is 2510. The fraction of sp³-hybridized carbons (Fsp3) is 0.0769. The summed E-state index contributed by atoms with van der Waals surface area (Å²) in [6, 6.07) is 30.9. The van der Waals surface area contributed by atoms with Gasteiger partial charge in [0.2, 0.25) is 5.91 Å². The Morgan fingerprint density at radius 1 is 0.592 bits per heavy atom. The van der Waals surface area contributed by atoms with Crippen molar-refractivity contribution < 1.29 is 24.5 Å². The summed E-state index contributed by atoms with van der Waals surface area (Å²) in [6.07, 6.45) is 6.18. The summed E-state index contributed by atoms with van der Waals surface area (Å²) in [6.45, 7) is 1.21. The smallest absolute Gasteiger partial charge is 0.338 e. The van der Waals surface area contributed by atoms with Crippen molar-refractivity contribution in [1.82, 2.24) is 19.1 Å². The number of nitrogens with zero attached hydrogens (tertiary/aromatic N) is 4. The lowest BCUT2D eigenvalue weighted by Gasteiger charge is -2.08. The number of amides is 1. The quantitative estimate of drug-likeness (QED) is 0.169. The molecular weight excluding hydrogens is 618 g/mol. The van der Waals surface area contributed by atoms with Gasteiger partial charge in [0, 0.05) is 29.4 Å². The molecule has 4 N–H and O–H groups in total. The summed E-state index contributed by atoms with van der Waals surface area (Å²) in [4.78, 5) is 32.3. The molecule has 8 aromatic rings. The Morgan fingerprint density at radius 2 is 1.04 bits per heavy atom. The van der Waals surface area contributed by atoms with Crippen LogP contribution in [0.3, 0.4) is 0 Å². The molecule has 4 heterocycles. The first kappa shape index (κ1) is 30.9. The molecule has 0 saturated heterocycles. The van der Waals surface area contributed by atoms with Gasteiger partial charge in [0.05, 0.1) is 70.3 Å². The van der Waals surface area contributed by atoms with Crippen molar-refractivity contribution in [3.05, 3.63) is 144 Å².